The SMILES string of the molecule is O=C(Cc1cc(F)c(F)cc1F)OCC1CC(=O)N(C2CC2)C1. The highest BCUT2D eigenvalue weighted by molar-refractivity contribution is 5.79. The molecule has 1 heterocycles. The van der Waals surface area contributed by atoms with Crippen molar-refractivity contribution in [1.82, 2.24) is 4.90 Å². The van der Waals surface area contributed by atoms with E-state index in [0.29, 0.717) is 31.1 Å². The Morgan fingerprint density at radius 2 is 1.87 bits per heavy atom. The van der Waals surface area contributed by atoms with Gasteiger partial charge in [0.2, 0.25) is 5.91 Å². The van der Waals surface area contributed by atoms with Crippen LogP contribution in [-0.4, -0.2) is 36.0 Å². The maximum Gasteiger partial charge on any atom is 0.310 e. The molecule has 124 valence electrons. The molecule has 1 aromatic carbocycles. The molecule has 1 saturated carbocycles. The lowest BCUT2D eigenvalue weighted by Crippen LogP contribution is -2.28. The molecule has 1 atom stereocenters. The van der Waals surface area contributed by atoms with Crippen LogP contribution < -0.4 is 0 Å². The van der Waals surface area contributed by atoms with Crippen LogP contribution in [0.15, 0.2) is 12.1 Å². The van der Waals surface area contributed by atoms with Gasteiger partial charge >= 0.3 is 5.97 Å². The zero-order chi connectivity index (χ0) is 16.6. The molecule has 1 amide bonds. The summed E-state index contributed by atoms with van der Waals surface area (Å²) in [6.45, 7) is 0.634. The Morgan fingerprint density at radius 1 is 1.17 bits per heavy atom. The first-order chi connectivity index (χ1) is 10.9. The molecular weight excluding hydrogens is 311 g/mol. The van der Waals surface area contributed by atoms with Crippen LogP contribution in [0.1, 0.15) is 24.8 Å². The number of carbonyl (C=O) groups excluding carboxylic acids is 2. The van der Waals surface area contributed by atoms with E-state index in [4.69, 9.17) is 4.74 Å². The Balaban J connectivity index is 1.50. The standard InChI is InChI=1S/C16H16F3NO3/c17-12-6-14(19)13(18)4-10(12)5-16(22)23-8-9-3-15(21)20(7-9)11-1-2-11/h4,6,9,11H,1-3,5,7-8H2. The summed E-state index contributed by atoms with van der Waals surface area (Å²) in [5.41, 5.74) is -0.254. The normalized spacial score (nSPS) is 20.9. The Morgan fingerprint density at radius 3 is 2.57 bits per heavy atom. The lowest BCUT2D eigenvalue weighted by atomic mass is 10.1. The van der Waals surface area contributed by atoms with Crippen molar-refractivity contribution >= 4 is 11.9 Å². The average molecular weight is 327 g/mol. The molecule has 1 unspecified atom stereocenters. The number of halogens is 3. The second-order valence-corrected chi connectivity index (χ2v) is 6.06. The van der Waals surface area contributed by atoms with E-state index in [1.807, 2.05) is 4.90 Å². The zero-order valence-electron chi connectivity index (χ0n) is 12.4. The number of amides is 1. The van der Waals surface area contributed by atoms with Crippen LogP contribution in [-0.2, 0) is 20.7 Å². The first-order valence-electron chi connectivity index (χ1n) is 7.52. The van der Waals surface area contributed by atoms with E-state index in [0.717, 1.165) is 12.8 Å². The van der Waals surface area contributed by atoms with Gasteiger partial charge in [-0.2, -0.15) is 0 Å². The van der Waals surface area contributed by atoms with Crippen LogP contribution >= 0.6 is 0 Å². The third-order valence-corrected chi connectivity index (χ3v) is 4.13. The van der Waals surface area contributed by atoms with Crippen molar-refractivity contribution in [2.24, 2.45) is 5.92 Å². The molecule has 1 aliphatic heterocycles. The summed E-state index contributed by atoms with van der Waals surface area (Å²) in [6, 6.07) is 1.39. The Labute approximate surface area is 131 Å². The number of rotatable bonds is 5. The van der Waals surface area contributed by atoms with Gasteiger partial charge in [0, 0.05) is 36.6 Å². The average Bonchev–Trinajstić information content (AvgIpc) is 3.26. The number of esters is 1. The maximum atomic E-state index is 13.5. The van der Waals surface area contributed by atoms with Crippen molar-refractivity contribution in [3.05, 3.63) is 35.1 Å². The predicted molar refractivity (Wildman–Crippen MR) is 73.8 cm³/mol. The van der Waals surface area contributed by atoms with E-state index in [9.17, 15) is 22.8 Å². The van der Waals surface area contributed by atoms with Gasteiger partial charge in [-0.15, -0.1) is 0 Å². The molecule has 7 heteroatoms. The number of likely N-dealkylation sites (tertiary alicyclic amines) is 1. The summed E-state index contributed by atoms with van der Waals surface area (Å²) in [7, 11) is 0. The van der Waals surface area contributed by atoms with E-state index >= 15 is 0 Å². The molecule has 1 aliphatic carbocycles. The molecule has 1 saturated heterocycles. The summed E-state index contributed by atoms with van der Waals surface area (Å²) in [4.78, 5) is 25.3. The molecule has 2 aliphatic rings. The minimum atomic E-state index is -1.30. The maximum absolute atomic E-state index is 13.5. The molecule has 1 aromatic rings. The Hall–Kier alpha value is -2.05. The number of nitrogens with zero attached hydrogens (tertiary/aromatic N) is 1. The topological polar surface area (TPSA) is 46.6 Å². The van der Waals surface area contributed by atoms with Crippen LogP contribution in [0.3, 0.4) is 0 Å². The predicted octanol–water partition coefficient (Wildman–Crippen LogP) is 2.20. The minimum Gasteiger partial charge on any atom is -0.465 e. The second-order valence-electron chi connectivity index (χ2n) is 6.06. The number of carbonyl (C=O) groups is 2. The van der Waals surface area contributed by atoms with Gasteiger partial charge in [0.15, 0.2) is 11.6 Å². The number of hydrogen-bond donors (Lipinski definition) is 0. The van der Waals surface area contributed by atoms with Crippen LogP contribution in [0, 0.1) is 23.4 Å². The second kappa shape index (κ2) is 6.22. The van der Waals surface area contributed by atoms with Gasteiger partial charge in [0.05, 0.1) is 13.0 Å². The number of ether oxygens (including phenoxy) is 1. The third-order valence-electron chi connectivity index (χ3n) is 4.13. The molecule has 0 N–H and O–H groups in total. The molecule has 3 rings (SSSR count). The van der Waals surface area contributed by atoms with Crippen molar-refractivity contribution in [2.45, 2.75) is 31.7 Å². The van der Waals surface area contributed by atoms with Crippen molar-refractivity contribution in [1.29, 1.82) is 0 Å². The largest absolute Gasteiger partial charge is 0.465 e. The smallest absolute Gasteiger partial charge is 0.310 e. The van der Waals surface area contributed by atoms with Gasteiger partial charge in [-0.1, -0.05) is 0 Å². The van der Waals surface area contributed by atoms with Gasteiger partial charge in [-0.05, 0) is 18.9 Å². The summed E-state index contributed by atoms with van der Waals surface area (Å²) >= 11 is 0. The van der Waals surface area contributed by atoms with Crippen molar-refractivity contribution in [3.63, 3.8) is 0 Å². The van der Waals surface area contributed by atoms with Crippen LogP contribution in [0.5, 0.6) is 0 Å². The summed E-state index contributed by atoms with van der Waals surface area (Å²) in [6.07, 6.45) is 1.90. The fraction of sp³-hybridized carbons (Fsp3) is 0.500. The highest BCUT2D eigenvalue weighted by Gasteiger charge is 2.39. The molecule has 0 aromatic heterocycles. The van der Waals surface area contributed by atoms with E-state index < -0.39 is 29.8 Å². The van der Waals surface area contributed by atoms with Crippen molar-refractivity contribution < 1.29 is 27.5 Å². The van der Waals surface area contributed by atoms with Gasteiger partial charge in [0.1, 0.15) is 5.82 Å². The summed E-state index contributed by atoms with van der Waals surface area (Å²) < 4.78 is 44.4. The van der Waals surface area contributed by atoms with Gasteiger partial charge < -0.3 is 9.64 Å². The van der Waals surface area contributed by atoms with Crippen LogP contribution in [0.25, 0.3) is 0 Å². The van der Waals surface area contributed by atoms with E-state index in [2.05, 4.69) is 0 Å². The first kappa shape index (κ1) is 15.8. The third kappa shape index (κ3) is 3.65. The fourth-order valence-electron chi connectivity index (χ4n) is 2.78. The molecule has 2 fully saturated rings. The minimum absolute atomic E-state index is 0.0677. The highest BCUT2D eigenvalue weighted by atomic mass is 19.2. The van der Waals surface area contributed by atoms with Crippen molar-refractivity contribution in [3.8, 4) is 0 Å². The summed E-state index contributed by atoms with van der Waals surface area (Å²) in [5, 5.41) is 0. The van der Waals surface area contributed by atoms with E-state index in [1.54, 1.807) is 0 Å². The molecular formula is C16H16F3NO3. The van der Waals surface area contributed by atoms with Gasteiger partial charge in [0.25, 0.3) is 0 Å². The molecule has 4 nitrogen and oxygen atoms in total. The lowest BCUT2D eigenvalue weighted by molar-refractivity contribution is -0.144. The molecule has 23 heavy (non-hydrogen) atoms. The fourth-order valence-corrected chi connectivity index (χ4v) is 2.78. The monoisotopic (exact) mass is 327 g/mol. The number of hydrogen-bond acceptors (Lipinski definition) is 3. The van der Waals surface area contributed by atoms with E-state index in [1.165, 1.54) is 0 Å². The zero-order valence-corrected chi connectivity index (χ0v) is 12.4. The Kier molecular flexibility index (Phi) is 4.28. The van der Waals surface area contributed by atoms with Crippen molar-refractivity contribution in [2.75, 3.05) is 13.2 Å². The van der Waals surface area contributed by atoms with Crippen LogP contribution in [0.2, 0.25) is 0 Å². The Bertz CT molecular complexity index is 646. The van der Waals surface area contributed by atoms with E-state index in [-0.39, 0.29) is 24.0 Å². The van der Waals surface area contributed by atoms with Gasteiger partial charge in [-0.3, -0.25) is 9.59 Å². The van der Waals surface area contributed by atoms with Crippen LogP contribution in [0.4, 0.5) is 13.2 Å². The van der Waals surface area contributed by atoms with Gasteiger partial charge in [-0.25, -0.2) is 13.2 Å². The molecule has 0 bridgehead atoms. The lowest BCUT2D eigenvalue weighted by Gasteiger charge is -2.15. The molecule has 0 radical (unpaired) electrons. The summed E-state index contributed by atoms with van der Waals surface area (Å²) in [5.74, 6) is -4.23. The highest BCUT2D eigenvalue weighted by Crippen LogP contribution is 2.32. The molecule has 0 spiro atoms. The quantitative estimate of drug-likeness (QED) is 0.615. The first-order valence-corrected chi connectivity index (χ1v) is 7.52. The number of benzene rings is 1.